The first kappa shape index (κ1) is 20.4. The van der Waals surface area contributed by atoms with Crippen molar-refractivity contribution in [2.75, 3.05) is 35.6 Å². The van der Waals surface area contributed by atoms with Gasteiger partial charge in [0.25, 0.3) is 0 Å². The zero-order valence-corrected chi connectivity index (χ0v) is 14.1. The second-order valence-electron chi connectivity index (χ2n) is 4.71. The van der Waals surface area contributed by atoms with Crippen LogP contribution in [0.1, 0.15) is 13.3 Å². The number of rotatable bonds is 5. The van der Waals surface area contributed by atoms with E-state index in [1.54, 1.807) is 6.92 Å². The highest BCUT2D eigenvalue weighted by Crippen LogP contribution is 2.17. The topological polar surface area (TPSA) is 178 Å². The summed E-state index contributed by atoms with van der Waals surface area (Å²) in [7, 11) is -4.88. The van der Waals surface area contributed by atoms with E-state index in [0.717, 1.165) is 6.42 Å². The molecule has 12 nitrogen and oxygen atoms in total. The van der Waals surface area contributed by atoms with E-state index in [4.69, 9.17) is 15.0 Å². The number of carbonyl (C=O) groups is 1. The van der Waals surface area contributed by atoms with Gasteiger partial charge in [-0.15, -0.1) is 0 Å². The highest BCUT2D eigenvalue weighted by Gasteiger charge is 2.26. The number of nitrogen functional groups attached to an aromatic ring is 1. The van der Waals surface area contributed by atoms with Gasteiger partial charge in [-0.05, 0) is 18.1 Å². The van der Waals surface area contributed by atoms with Crippen LogP contribution in [0.3, 0.4) is 0 Å². The normalized spacial score (nSPS) is 13.8. The fraction of sp³-hybridized carbons (Fsp3) is 0.417. The molecule has 1 aromatic heterocycles. The van der Waals surface area contributed by atoms with Gasteiger partial charge in [0.15, 0.2) is 5.82 Å². The molecular weight excluding hydrogens is 358 g/mol. The summed E-state index contributed by atoms with van der Waals surface area (Å²) in [6, 6.07) is 1.36. The lowest BCUT2D eigenvalue weighted by atomic mass is 10.2. The summed E-state index contributed by atoms with van der Waals surface area (Å²) >= 11 is 0. The molecule has 0 saturated heterocycles. The van der Waals surface area contributed by atoms with E-state index < -0.39 is 16.5 Å². The Morgan fingerprint density at radius 3 is 2.80 bits per heavy atom. The van der Waals surface area contributed by atoms with E-state index >= 15 is 0 Å². The van der Waals surface area contributed by atoms with Gasteiger partial charge in [0.05, 0.1) is 12.7 Å². The Bertz CT molecular complexity index is 752. The second-order valence-corrected chi connectivity index (χ2v) is 5.72. The molecule has 0 saturated carbocycles. The van der Waals surface area contributed by atoms with E-state index in [0.29, 0.717) is 23.6 Å². The zero-order valence-electron chi connectivity index (χ0n) is 13.3. The number of amides is 1. The van der Waals surface area contributed by atoms with Crippen LogP contribution in [0.25, 0.3) is 0 Å². The van der Waals surface area contributed by atoms with Crippen LogP contribution in [0.2, 0.25) is 0 Å². The van der Waals surface area contributed by atoms with E-state index in [-0.39, 0.29) is 23.8 Å². The monoisotopic (exact) mass is 377 g/mol. The summed E-state index contributed by atoms with van der Waals surface area (Å²) < 4.78 is 40.3. The highest BCUT2D eigenvalue weighted by atomic mass is 32.3. The largest absolute Gasteiger partial charge is 0.870 e. The van der Waals surface area contributed by atoms with Crippen LogP contribution >= 0.6 is 0 Å². The van der Waals surface area contributed by atoms with Crippen molar-refractivity contribution in [1.29, 1.82) is 0 Å². The van der Waals surface area contributed by atoms with Crippen molar-refractivity contribution in [3.8, 4) is 0 Å². The fourth-order valence-electron chi connectivity index (χ4n) is 2.02. The summed E-state index contributed by atoms with van der Waals surface area (Å²) in [5.74, 6) is -0.145. The van der Waals surface area contributed by atoms with E-state index in [1.807, 2.05) is 17.1 Å². The number of ether oxygens (including phenoxy) is 1. The third-order valence-corrected chi connectivity index (χ3v) is 3.30. The molecule has 0 radical (unpaired) electrons. The Morgan fingerprint density at radius 1 is 1.52 bits per heavy atom. The van der Waals surface area contributed by atoms with E-state index in [1.165, 1.54) is 6.07 Å². The molecule has 0 unspecified atom stereocenters. The van der Waals surface area contributed by atoms with Crippen molar-refractivity contribution in [1.82, 2.24) is 4.98 Å². The number of hydrogen-bond acceptors (Lipinski definition) is 9. The van der Waals surface area contributed by atoms with Gasteiger partial charge in [0.1, 0.15) is 0 Å². The summed E-state index contributed by atoms with van der Waals surface area (Å²) in [6.45, 7) is 2.94. The molecule has 1 aliphatic heterocycles. The maximum atomic E-state index is 11.6. The Labute approximate surface area is 144 Å². The van der Waals surface area contributed by atoms with Gasteiger partial charge >= 0.3 is 22.4 Å². The standard InChI is InChI=1S/C12H17N5O6S.H2O/c1-2-22-12(18)15-11-14-10(16-6-4-3-5-7-16)8-9(13)17(11)23-24(19,20)21;/h3-4,8H,2,5-7H2,1H3,(H3,13,14,15,18,19,20,21);1H2. The molecule has 0 atom stereocenters. The molecule has 140 valence electrons. The molecule has 1 aliphatic rings. The fourth-order valence-corrected chi connectivity index (χ4v) is 2.37. The quantitative estimate of drug-likeness (QED) is 0.339. The summed E-state index contributed by atoms with van der Waals surface area (Å²) in [4.78, 5) is 17.6. The Kier molecular flexibility index (Phi) is 6.90. The minimum absolute atomic E-state index is 0. The lowest BCUT2D eigenvalue weighted by molar-refractivity contribution is -0.835. The van der Waals surface area contributed by atoms with Crippen molar-refractivity contribution >= 4 is 34.1 Å². The predicted molar refractivity (Wildman–Crippen MR) is 85.5 cm³/mol. The number of nitrogens with one attached hydrogen (secondary N) is 1. The number of anilines is 3. The first-order valence-corrected chi connectivity index (χ1v) is 8.40. The number of carbonyl (C=O) groups excluding carboxylic acids is 1. The SMILES string of the molecule is CCOC(=O)Nc1nc(N2CC=CCC2)cc(N)[n+]1OS(=O)(=O)O.[OH-]. The zero-order chi connectivity index (χ0) is 17.7. The van der Waals surface area contributed by atoms with Crippen LogP contribution in [-0.4, -0.2) is 49.2 Å². The van der Waals surface area contributed by atoms with Gasteiger partial charge in [-0.1, -0.05) is 17.1 Å². The molecule has 1 amide bonds. The summed E-state index contributed by atoms with van der Waals surface area (Å²) in [5, 5.41) is 2.22. The second kappa shape index (κ2) is 8.46. The molecule has 0 aromatic carbocycles. The van der Waals surface area contributed by atoms with Crippen molar-refractivity contribution in [2.45, 2.75) is 13.3 Å². The van der Waals surface area contributed by atoms with E-state index in [2.05, 4.69) is 14.6 Å². The molecule has 2 rings (SSSR count). The molecular formula is C12H19N5O7S. The van der Waals surface area contributed by atoms with Crippen molar-refractivity contribution < 1.29 is 37.0 Å². The Hall–Kier alpha value is -2.64. The molecule has 0 aliphatic carbocycles. The number of nitrogens with zero attached hydrogens (tertiary/aromatic N) is 3. The van der Waals surface area contributed by atoms with Crippen LogP contribution in [0, 0.1) is 0 Å². The summed E-state index contributed by atoms with van der Waals surface area (Å²) in [5.41, 5.74) is 5.77. The number of nitrogens with two attached hydrogens (primary N) is 1. The van der Waals surface area contributed by atoms with Crippen LogP contribution in [-0.2, 0) is 15.1 Å². The average molecular weight is 377 g/mol. The maximum Gasteiger partial charge on any atom is 0.474 e. The molecule has 5 N–H and O–H groups in total. The van der Waals surface area contributed by atoms with E-state index in [9.17, 15) is 13.2 Å². The Balaban J connectivity index is 0.00000312. The van der Waals surface area contributed by atoms with Crippen molar-refractivity contribution in [2.24, 2.45) is 0 Å². The summed E-state index contributed by atoms with van der Waals surface area (Å²) in [6.07, 6.45) is 3.88. The van der Waals surface area contributed by atoms with Gasteiger partial charge < -0.3 is 20.8 Å². The highest BCUT2D eigenvalue weighted by molar-refractivity contribution is 7.80. The average Bonchev–Trinajstić information content (AvgIpc) is 2.50. The number of aromatic nitrogens is 2. The molecule has 0 fully saturated rings. The first-order chi connectivity index (χ1) is 11.3. The van der Waals surface area contributed by atoms with Gasteiger partial charge in [-0.25, -0.2) is 9.08 Å². The minimum atomic E-state index is -4.88. The predicted octanol–water partition coefficient (Wildman–Crippen LogP) is -0.659. The third kappa shape index (κ3) is 5.74. The first-order valence-electron chi connectivity index (χ1n) is 7.04. The molecule has 13 heteroatoms. The number of hydrogen-bond donors (Lipinski definition) is 3. The van der Waals surface area contributed by atoms with Crippen LogP contribution in [0.5, 0.6) is 0 Å². The van der Waals surface area contributed by atoms with Crippen LogP contribution < -0.4 is 25.0 Å². The third-order valence-electron chi connectivity index (χ3n) is 2.96. The van der Waals surface area contributed by atoms with Crippen LogP contribution in [0.4, 0.5) is 22.4 Å². The van der Waals surface area contributed by atoms with Gasteiger partial charge in [-0.3, -0.25) is 4.55 Å². The lowest BCUT2D eigenvalue weighted by Crippen LogP contribution is -2.51. The smallest absolute Gasteiger partial charge is 0.474 e. The maximum absolute atomic E-state index is 11.6. The molecule has 0 bridgehead atoms. The minimum Gasteiger partial charge on any atom is -0.870 e. The van der Waals surface area contributed by atoms with Crippen molar-refractivity contribution in [3.05, 3.63) is 18.2 Å². The molecule has 25 heavy (non-hydrogen) atoms. The Morgan fingerprint density at radius 2 is 2.24 bits per heavy atom. The van der Waals surface area contributed by atoms with Gasteiger partial charge in [0, 0.05) is 13.1 Å². The van der Waals surface area contributed by atoms with Crippen molar-refractivity contribution in [3.63, 3.8) is 0 Å². The molecule has 2 heterocycles. The van der Waals surface area contributed by atoms with Gasteiger partial charge in [-0.2, -0.15) is 13.7 Å². The lowest BCUT2D eigenvalue weighted by Gasteiger charge is -2.23. The van der Waals surface area contributed by atoms with Crippen LogP contribution in [0.15, 0.2) is 18.2 Å². The van der Waals surface area contributed by atoms with Gasteiger partial charge in [0.2, 0.25) is 5.82 Å². The molecule has 1 aromatic rings. The molecule has 0 spiro atoms.